The highest BCUT2D eigenvalue weighted by molar-refractivity contribution is 5.87. The first-order valence-electron chi connectivity index (χ1n) is 13.6. The van der Waals surface area contributed by atoms with Gasteiger partial charge in [-0.15, -0.1) is 0 Å². The molecule has 1 amide bonds. The van der Waals surface area contributed by atoms with Crippen LogP contribution in [-0.2, 0) is 11.2 Å². The lowest BCUT2D eigenvalue weighted by atomic mass is 9.96. The van der Waals surface area contributed by atoms with Gasteiger partial charge in [0.1, 0.15) is 5.82 Å². The summed E-state index contributed by atoms with van der Waals surface area (Å²) in [6, 6.07) is 7.18. The van der Waals surface area contributed by atoms with Crippen molar-refractivity contribution in [3.05, 3.63) is 53.2 Å². The molecule has 202 valence electrons. The summed E-state index contributed by atoms with van der Waals surface area (Å²) in [5.41, 5.74) is 2.50. The fourth-order valence-electron chi connectivity index (χ4n) is 5.09. The van der Waals surface area contributed by atoms with E-state index < -0.39 is 12.0 Å². The lowest BCUT2D eigenvalue weighted by Gasteiger charge is -2.26. The number of nitrogens with one attached hydrogen (secondary N) is 4. The summed E-state index contributed by atoms with van der Waals surface area (Å²) in [4.78, 5) is 36.1. The van der Waals surface area contributed by atoms with Crippen LogP contribution in [0.15, 0.2) is 30.5 Å². The molecule has 37 heavy (non-hydrogen) atoms. The van der Waals surface area contributed by atoms with Crippen LogP contribution in [0.3, 0.4) is 0 Å². The number of hydrogen-bond acceptors (Lipinski definition) is 4. The molecule has 0 fully saturated rings. The lowest BCUT2D eigenvalue weighted by Crippen LogP contribution is -2.48. The summed E-state index contributed by atoms with van der Waals surface area (Å²) in [5, 5.41) is 17.4. The van der Waals surface area contributed by atoms with Gasteiger partial charge in [0.15, 0.2) is 5.69 Å². The predicted octanol–water partition coefficient (Wildman–Crippen LogP) is 5.52. The number of aromatic amines is 2. The third kappa shape index (κ3) is 7.68. The Hall–Kier alpha value is -3.13. The fourth-order valence-corrected chi connectivity index (χ4v) is 5.09. The SMILES string of the molecule is CCCC(CCC)CN[C@@H](CC(C)C)C(=O)N[C@H](Cc1c[nH]c2ccccc12)c1nc(C(=O)O)c(C)[nH]1. The molecule has 5 N–H and O–H groups in total. The number of H-pyrrole nitrogens is 2. The number of aryl methyl sites for hydroxylation is 1. The van der Waals surface area contributed by atoms with Gasteiger partial charge in [0.05, 0.1) is 12.1 Å². The molecule has 2 atom stereocenters. The molecule has 3 rings (SSSR count). The Morgan fingerprint density at radius 1 is 1.11 bits per heavy atom. The molecule has 0 aliphatic rings. The number of carbonyl (C=O) groups is 2. The van der Waals surface area contributed by atoms with Crippen LogP contribution < -0.4 is 10.6 Å². The van der Waals surface area contributed by atoms with E-state index >= 15 is 0 Å². The van der Waals surface area contributed by atoms with E-state index in [1.807, 2.05) is 30.5 Å². The van der Waals surface area contributed by atoms with E-state index in [2.05, 4.69) is 53.3 Å². The zero-order valence-electron chi connectivity index (χ0n) is 22.9. The van der Waals surface area contributed by atoms with Crippen molar-refractivity contribution in [3.8, 4) is 0 Å². The van der Waals surface area contributed by atoms with Crippen LogP contribution in [0.1, 0.15) is 93.4 Å². The van der Waals surface area contributed by atoms with E-state index in [4.69, 9.17) is 0 Å². The van der Waals surface area contributed by atoms with Gasteiger partial charge in [-0.3, -0.25) is 4.79 Å². The molecule has 0 radical (unpaired) electrons. The van der Waals surface area contributed by atoms with Crippen molar-refractivity contribution in [2.75, 3.05) is 6.54 Å². The van der Waals surface area contributed by atoms with Gasteiger partial charge in [0.2, 0.25) is 5.91 Å². The first kappa shape index (κ1) is 28.4. The van der Waals surface area contributed by atoms with Crippen molar-refractivity contribution in [1.82, 2.24) is 25.6 Å². The number of carboxylic acid groups (broad SMARTS) is 1. The second kappa shape index (κ2) is 13.4. The predicted molar refractivity (Wildman–Crippen MR) is 148 cm³/mol. The van der Waals surface area contributed by atoms with E-state index in [-0.39, 0.29) is 17.6 Å². The summed E-state index contributed by atoms with van der Waals surface area (Å²) < 4.78 is 0. The van der Waals surface area contributed by atoms with Gasteiger partial charge in [-0.05, 0) is 56.2 Å². The Balaban J connectivity index is 1.86. The first-order valence-corrected chi connectivity index (χ1v) is 13.6. The molecule has 0 aliphatic carbocycles. The molecule has 2 aromatic heterocycles. The zero-order valence-corrected chi connectivity index (χ0v) is 22.9. The maximum atomic E-state index is 13.7. The molecule has 0 spiro atoms. The first-order chi connectivity index (χ1) is 17.7. The van der Waals surface area contributed by atoms with Crippen LogP contribution in [0.4, 0.5) is 0 Å². The smallest absolute Gasteiger partial charge is 0.356 e. The standard InChI is InChI=1S/C29H43N5O3/c1-6-10-20(11-7-2)16-30-25(14-18(3)4)28(35)33-24(27-32-19(5)26(34-27)29(36)37)15-21-17-31-23-13-9-8-12-22(21)23/h8-9,12-13,17-18,20,24-25,30-31H,6-7,10-11,14-16H2,1-5H3,(H,32,34)(H,33,35)(H,36,37)/t24-,25+/m1/s1. The number of fused-ring (bicyclic) bond motifs is 1. The molecule has 8 nitrogen and oxygen atoms in total. The molecule has 0 saturated heterocycles. The van der Waals surface area contributed by atoms with E-state index in [0.29, 0.717) is 36.2 Å². The summed E-state index contributed by atoms with van der Waals surface area (Å²) in [6.45, 7) is 11.1. The molecule has 0 bridgehead atoms. The number of benzene rings is 1. The minimum absolute atomic E-state index is 0.0213. The van der Waals surface area contributed by atoms with Crippen LogP contribution in [0.2, 0.25) is 0 Å². The molecule has 0 saturated carbocycles. The Morgan fingerprint density at radius 3 is 2.43 bits per heavy atom. The number of amides is 1. The molecule has 1 aromatic carbocycles. The van der Waals surface area contributed by atoms with Crippen molar-refractivity contribution in [1.29, 1.82) is 0 Å². The van der Waals surface area contributed by atoms with Gasteiger partial charge in [0, 0.05) is 29.2 Å². The van der Waals surface area contributed by atoms with Crippen LogP contribution in [0, 0.1) is 18.8 Å². The summed E-state index contributed by atoms with van der Waals surface area (Å²) in [7, 11) is 0. The molecule has 0 aliphatic heterocycles. The van der Waals surface area contributed by atoms with Crippen LogP contribution >= 0.6 is 0 Å². The van der Waals surface area contributed by atoms with Crippen LogP contribution in [0.25, 0.3) is 10.9 Å². The third-order valence-corrected chi connectivity index (χ3v) is 6.92. The number of rotatable bonds is 15. The Morgan fingerprint density at radius 2 is 1.81 bits per heavy atom. The minimum atomic E-state index is -1.09. The van der Waals surface area contributed by atoms with Crippen LogP contribution in [0.5, 0.6) is 0 Å². The number of carboxylic acids is 1. The number of hydrogen-bond donors (Lipinski definition) is 5. The van der Waals surface area contributed by atoms with Gasteiger partial charge in [-0.25, -0.2) is 9.78 Å². The van der Waals surface area contributed by atoms with Crippen molar-refractivity contribution in [2.24, 2.45) is 11.8 Å². The maximum absolute atomic E-state index is 13.7. The number of aromatic carboxylic acids is 1. The number of aromatic nitrogens is 3. The number of imidazole rings is 1. The zero-order chi connectivity index (χ0) is 26.9. The Labute approximate surface area is 220 Å². The average Bonchev–Trinajstić information content (AvgIpc) is 3.44. The van der Waals surface area contributed by atoms with Gasteiger partial charge in [-0.2, -0.15) is 0 Å². The second-order valence-electron chi connectivity index (χ2n) is 10.6. The Bertz CT molecular complexity index is 1160. The summed E-state index contributed by atoms with van der Waals surface area (Å²) in [5.74, 6) is 0.165. The quantitative estimate of drug-likeness (QED) is 0.185. The average molecular weight is 510 g/mol. The van der Waals surface area contributed by atoms with Crippen molar-refractivity contribution in [3.63, 3.8) is 0 Å². The number of carbonyl (C=O) groups excluding carboxylic acids is 1. The van der Waals surface area contributed by atoms with Crippen molar-refractivity contribution < 1.29 is 14.7 Å². The van der Waals surface area contributed by atoms with Crippen molar-refractivity contribution >= 4 is 22.8 Å². The van der Waals surface area contributed by atoms with Gasteiger partial charge in [-0.1, -0.05) is 58.7 Å². The highest BCUT2D eigenvalue weighted by atomic mass is 16.4. The van der Waals surface area contributed by atoms with Gasteiger partial charge >= 0.3 is 5.97 Å². The maximum Gasteiger partial charge on any atom is 0.356 e. The molecule has 3 aromatic rings. The van der Waals surface area contributed by atoms with Gasteiger partial charge in [0.25, 0.3) is 0 Å². The van der Waals surface area contributed by atoms with Gasteiger partial charge < -0.3 is 25.7 Å². The normalized spacial score (nSPS) is 13.4. The largest absolute Gasteiger partial charge is 0.476 e. The molecule has 8 heteroatoms. The molecule has 2 heterocycles. The second-order valence-corrected chi connectivity index (χ2v) is 10.6. The minimum Gasteiger partial charge on any atom is -0.476 e. The molecular formula is C29H43N5O3. The molecular weight excluding hydrogens is 466 g/mol. The molecule has 0 unspecified atom stereocenters. The fraction of sp³-hybridized carbons (Fsp3) is 0.552. The lowest BCUT2D eigenvalue weighted by molar-refractivity contribution is -0.124. The van der Waals surface area contributed by atoms with E-state index in [9.17, 15) is 14.7 Å². The van der Waals surface area contributed by atoms with E-state index in [0.717, 1.165) is 48.7 Å². The van der Waals surface area contributed by atoms with E-state index in [1.165, 1.54) is 0 Å². The highest BCUT2D eigenvalue weighted by Crippen LogP contribution is 2.25. The topological polar surface area (TPSA) is 123 Å². The number of nitrogens with zero attached hydrogens (tertiary/aromatic N) is 1. The summed E-state index contributed by atoms with van der Waals surface area (Å²) in [6.07, 6.45) is 7.68. The Kier molecular flexibility index (Phi) is 10.3. The highest BCUT2D eigenvalue weighted by Gasteiger charge is 2.27. The third-order valence-electron chi connectivity index (χ3n) is 6.92. The summed E-state index contributed by atoms with van der Waals surface area (Å²) >= 11 is 0. The van der Waals surface area contributed by atoms with Crippen molar-refractivity contribution in [2.45, 2.75) is 85.2 Å². The monoisotopic (exact) mass is 509 g/mol. The van der Waals surface area contributed by atoms with Crippen LogP contribution in [-0.4, -0.2) is 44.5 Å². The number of para-hydroxylation sites is 1. The van der Waals surface area contributed by atoms with E-state index in [1.54, 1.807) is 6.92 Å².